The lowest BCUT2D eigenvalue weighted by atomic mass is 10.2. The Morgan fingerprint density at radius 1 is 1.30 bits per heavy atom. The summed E-state index contributed by atoms with van der Waals surface area (Å²) in [6.07, 6.45) is -1.06. The number of rotatable bonds is 5. The lowest BCUT2D eigenvalue weighted by molar-refractivity contribution is -0.386. The Balaban J connectivity index is 2.10. The number of nitrogens with zero attached hydrogens (tertiary/aromatic N) is 1. The van der Waals surface area contributed by atoms with Crippen molar-refractivity contribution in [1.29, 1.82) is 0 Å². The Kier molecular flexibility index (Phi) is 5.13. The predicted molar refractivity (Wildman–Crippen MR) is 83.2 cm³/mol. The van der Waals surface area contributed by atoms with Gasteiger partial charge < -0.3 is 10.1 Å². The molecule has 2 aromatic rings. The topological polar surface area (TPSA) is 81.5 Å². The van der Waals surface area contributed by atoms with Gasteiger partial charge >= 0.3 is 5.69 Å². The molecule has 8 heteroatoms. The average molecular weight is 339 g/mol. The fraction of sp³-hybridized carbons (Fsp3) is 0.133. The van der Waals surface area contributed by atoms with Crippen LogP contribution in [-0.2, 0) is 4.79 Å². The van der Waals surface area contributed by atoms with Gasteiger partial charge in [0.1, 0.15) is 5.82 Å². The molecule has 0 unspecified atom stereocenters. The Morgan fingerprint density at radius 2 is 1.96 bits per heavy atom. The van der Waals surface area contributed by atoms with Gasteiger partial charge in [-0.3, -0.25) is 14.9 Å². The van der Waals surface area contributed by atoms with Crippen LogP contribution >= 0.6 is 11.6 Å². The molecule has 0 saturated heterocycles. The van der Waals surface area contributed by atoms with E-state index in [4.69, 9.17) is 16.3 Å². The number of nitro benzene ring substituents is 1. The summed E-state index contributed by atoms with van der Waals surface area (Å²) < 4.78 is 18.5. The van der Waals surface area contributed by atoms with E-state index in [0.717, 1.165) is 18.2 Å². The van der Waals surface area contributed by atoms with Crippen molar-refractivity contribution in [2.75, 3.05) is 5.32 Å². The van der Waals surface area contributed by atoms with Crippen molar-refractivity contribution in [1.82, 2.24) is 0 Å². The molecular weight excluding hydrogens is 327 g/mol. The van der Waals surface area contributed by atoms with E-state index in [1.54, 1.807) is 24.3 Å². The highest BCUT2D eigenvalue weighted by molar-refractivity contribution is 6.30. The zero-order chi connectivity index (χ0) is 17.0. The maximum atomic E-state index is 13.2. The number of hydrogen-bond donors (Lipinski definition) is 1. The molecule has 2 aromatic carbocycles. The van der Waals surface area contributed by atoms with Crippen LogP contribution in [0.3, 0.4) is 0 Å². The SMILES string of the molecule is C[C@@H](Oc1cc(F)ccc1[N+](=O)[O-])C(=O)Nc1ccc(Cl)cc1. The highest BCUT2D eigenvalue weighted by atomic mass is 35.5. The molecule has 23 heavy (non-hydrogen) atoms. The van der Waals surface area contributed by atoms with Gasteiger partial charge in [-0.15, -0.1) is 0 Å². The van der Waals surface area contributed by atoms with E-state index in [9.17, 15) is 19.3 Å². The van der Waals surface area contributed by atoms with Crippen LogP contribution in [0.15, 0.2) is 42.5 Å². The van der Waals surface area contributed by atoms with Gasteiger partial charge in [-0.1, -0.05) is 11.6 Å². The van der Waals surface area contributed by atoms with Crippen LogP contribution in [0.5, 0.6) is 5.75 Å². The molecular formula is C15H12ClFN2O4. The Morgan fingerprint density at radius 3 is 2.57 bits per heavy atom. The standard InChI is InChI=1S/C15H12ClFN2O4/c1-9(15(20)18-12-5-2-10(16)3-6-12)23-14-8-11(17)4-7-13(14)19(21)22/h2-9H,1H3,(H,18,20)/t9-/m1/s1. The Bertz CT molecular complexity index is 737. The lowest BCUT2D eigenvalue weighted by Gasteiger charge is -2.14. The first-order valence-corrected chi connectivity index (χ1v) is 6.91. The highest BCUT2D eigenvalue weighted by Crippen LogP contribution is 2.28. The van der Waals surface area contributed by atoms with Gasteiger partial charge in [0, 0.05) is 22.8 Å². The van der Waals surface area contributed by atoms with E-state index in [1.807, 2.05) is 0 Å². The summed E-state index contributed by atoms with van der Waals surface area (Å²) >= 11 is 5.74. The normalized spacial score (nSPS) is 11.6. The molecule has 0 fully saturated rings. The Hall–Kier alpha value is -2.67. The van der Waals surface area contributed by atoms with Crippen LogP contribution < -0.4 is 10.1 Å². The summed E-state index contributed by atoms with van der Waals surface area (Å²) in [4.78, 5) is 22.2. The van der Waals surface area contributed by atoms with E-state index in [2.05, 4.69) is 5.32 Å². The van der Waals surface area contributed by atoms with Crippen LogP contribution in [0.2, 0.25) is 5.02 Å². The van der Waals surface area contributed by atoms with Crippen LogP contribution in [0.25, 0.3) is 0 Å². The van der Waals surface area contributed by atoms with E-state index in [-0.39, 0.29) is 5.75 Å². The summed E-state index contributed by atoms with van der Waals surface area (Å²) in [5.41, 5.74) is 0.0705. The minimum atomic E-state index is -1.06. The number of nitrogens with one attached hydrogen (secondary N) is 1. The van der Waals surface area contributed by atoms with Crippen LogP contribution in [-0.4, -0.2) is 16.9 Å². The highest BCUT2D eigenvalue weighted by Gasteiger charge is 2.22. The number of anilines is 1. The fourth-order valence-corrected chi connectivity index (χ4v) is 1.88. The van der Waals surface area contributed by atoms with Crippen LogP contribution in [0.1, 0.15) is 6.92 Å². The molecule has 1 amide bonds. The Labute approximate surface area is 136 Å². The van der Waals surface area contributed by atoms with Gasteiger partial charge in [-0.05, 0) is 37.3 Å². The van der Waals surface area contributed by atoms with Crippen molar-refractivity contribution in [2.24, 2.45) is 0 Å². The average Bonchev–Trinajstić information content (AvgIpc) is 2.49. The molecule has 120 valence electrons. The number of amides is 1. The van der Waals surface area contributed by atoms with E-state index in [1.165, 1.54) is 6.92 Å². The molecule has 1 atom stereocenters. The quantitative estimate of drug-likeness (QED) is 0.664. The summed E-state index contributed by atoms with van der Waals surface area (Å²) in [6, 6.07) is 9.18. The summed E-state index contributed by atoms with van der Waals surface area (Å²) in [5, 5.41) is 14.0. The van der Waals surface area contributed by atoms with Crippen molar-refractivity contribution >= 4 is 28.9 Å². The van der Waals surface area contributed by atoms with Crippen LogP contribution in [0, 0.1) is 15.9 Å². The fourth-order valence-electron chi connectivity index (χ4n) is 1.75. The second-order valence-corrected chi connectivity index (χ2v) is 5.06. The van der Waals surface area contributed by atoms with Crippen molar-refractivity contribution in [3.05, 3.63) is 63.4 Å². The lowest BCUT2D eigenvalue weighted by Crippen LogP contribution is -2.30. The molecule has 0 spiro atoms. The maximum Gasteiger partial charge on any atom is 0.311 e. The monoisotopic (exact) mass is 338 g/mol. The smallest absolute Gasteiger partial charge is 0.311 e. The molecule has 2 rings (SSSR count). The second kappa shape index (κ2) is 7.06. The molecule has 0 aliphatic carbocycles. The third-order valence-corrected chi connectivity index (χ3v) is 3.16. The molecule has 1 N–H and O–H groups in total. The molecule has 0 aliphatic rings. The van der Waals surface area contributed by atoms with Gasteiger partial charge in [-0.25, -0.2) is 4.39 Å². The van der Waals surface area contributed by atoms with Crippen molar-refractivity contribution in [3.63, 3.8) is 0 Å². The van der Waals surface area contributed by atoms with Crippen molar-refractivity contribution < 1.29 is 18.8 Å². The maximum absolute atomic E-state index is 13.2. The first-order chi connectivity index (χ1) is 10.9. The third-order valence-electron chi connectivity index (χ3n) is 2.90. The zero-order valence-electron chi connectivity index (χ0n) is 12.0. The largest absolute Gasteiger partial charge is 0.474 e. The minimum absolute atomic E-state index is 0.311. The number of carbonyl (C=O) groups excluding carboxylic acids is 1. The number of halogens is 2. The molecule has 0 aliphatic heterocycles. The minimum Gasteiger partial charge on any atom is -0.474 e. The van der Waals surface area contributed by atoms with Crippen LogP contribution in [0.4, 0.5) is 15.8 Å². The number of nitro groups is 1. The van der Waals surface area contributed by atoms with E-state index >= 15 is 0 Å². The number of carbonyl (C=O) groups is 1. The summed E-state index contributed by atoms with van der Waals surface area (Å²) in [5.74, 6) is -1.55. The molecule has 0 saturated carbocycles. The zero-order valence-corrected chi connectivity index (χ0v) is 12.7. The molecule has 0 aromatic heterocycles. The summed E-state index contributed by atoms with van der Waals surface area (Å²) in [7, 11) is 0. The van der Waals surface area contributed by atoms with Gasteiger partial charge in [0.15, 0.2) is 6.10 Å². The molecule has 0 bridgehead atoms. The first-order valence-electron chi connectivity index (χ1n) is 6.54. The van der Waals surface area contributed by atoms with Gasteiger partial charge in [-0.2, -0.15) is 0 Å². The van der Waals surface area contributed by atoms with Gasteiger partial charge in [0.25, 0.3) is 5.91 Å². The van der Waals surface area contributed by atoms with Gasteiger partial charge in [0.2, 0.25) is 5.75 Å². The molecule has 6 nitrogen and oxygen atoms in total. The predicted octanol–water partition coefficient (Wildman–Crippen LogP) is 3.79. The second-order valence-electron chi connectivity index (χ2n) is 4.63. The van der Waals surface area contributed by atoms with E-state index in [0.29, 0.717) is 10.7 Å². The van der Waals surface area contributed by atoms with Crippen molar-refractivity contribution in [3.8, 4) is 5.75 Å². The first kappa shape index (κ1) is 16.7. The summed E-state index contributed by atoms with van der Waals surface area (Å²) in [6.45, 7) is 1.40. The molecule has 0 radical (unpaired) electrons. The number of benzene rings is 2. The number of hydrogen-bond acceptors (Lipinski definition) is 4. The van der Waals surface area contributed by atoms with E-state index < -0.39 is 28.4 Å². The van der Waals surface area contributed by atoms with Crippen molar-refractivity contribution in [2.45, 2.75) is 13.0 Å². The third kappa shape index (κ3) is 4.40. The number of ether oxygens (including phenoxy) is 1. The molecule has 0 heterocycles. The van der Waals surface area contributed by atoms with Gasteiger partial charge in [0.05, 0.1) is 4.92 Å².